The van der Waals surface area contributed by atoms with Crippen LogP contribution in [-0.2, 0) is 20.7 Å². The van der Waals surface area contributed by atoms with Gasteiger partial charge < -0.3 is 24.3 Å². The zero-order chi connectivity index (χ0) is 17.6. The van der Waals surface area contributed by atoms with Crippen molar-refractivity contribution in [3.05, 3.63) is 23.8 Å². The van der Waals surface area contributed by atoms with E-state index in [1.54, 1.807) is 0 Å². The summed E-state index contributed by atoms with van der Waals surface area (Å²) in [6, 6.07) is 5.75. The highest BCUT2D eigenvalue weighted by molar-refractivity contribution is 5.77. The van der Waals surface area contributed by atoms with Crippen molar-refractivity contribution in [2.75, 3.05) is 26.4 Å². The highest BCUT2D eigenvalue weighted by Gasteiger charge is 2.32. The zero-order valence-corrected chi connectivity index (χ0v) is 14.9. The topological polar surface area (TPSA) is 66.0 Å². The number of carbonyl (C=O) groups excluding carboxylic acids is 1. The Balaban J connectivity index is 1.84. The van der Waals surface area contributed by atoms with Gasteiger partial charge in [0.1, 0.15) is 5.60 Å². The number of carbonyl (C=O) groups is 1. The van der Waals surface area contributed by atoms with Crippen molar-refractivity contribution in [3.8, 4) is 11.5 Å². The van der Waals surface area contributed by atoms with Gasteiger partial charge in [0.05, 0.1) is 6.54 Å². The van der Waals surface area contributed by atoms with Gasteiger partial charge in [-0.15, -0.1) is 0 Å². The van der Waals surface area contributed by atoms with Crippen LogP contribution in [0, 0.1) is 0 Å². The van der Waals surface area contributed by atoms with Gasteiger partial charge in [-0.05, 0) is 33.8 Å². The van der Waals surface area contributed by atoms with Crippen molar-refractivity contribution >= 4 is 5.91 Å². The molecule has 1 amide bonds. The van der Waals surface area contributed by atoms with Gasteiger partial charge in [-0.25, -0.2) is 0 Å². The molecular weight excluding hydrogens is 310 g/mol. The maximum atomic E-state index is 12.0. The number of nitrogens with one attached hydrogen (secondary N) is 1. The van der Waals surface area contributed by atoms with Gasteiger partial charge in [-0.3, -0.25) is 4.79 Å². The number of ether oxygens (including phenoxy) is 4. The lowest BCUT2D eigenvalue weighted by molar-refractivity contribution is -0.141. The summed E-state index contributed by atoms with van der Waals surface area (Å²) in [6.07, 6.45) is 0.393. The third-order valence-corrected chi connectivity index (χ3v) is 3.58. The first-order valence-electron chi connectivity index (χ1n) is 8.38. The molecule has 1 aliphatic heterocycles. The van der Waals surface area contributed by atoms with E-state index in [-0.39, 0.29) is 18.1 Å². The fourth-order valence-electron chi connectivity index (χ4n) is 2.63. The van der Waals surface area contributed by atoms with Gasteiger partial charge in [-0.1, -0.05) is 12.1 Å². The van der Waals surface area contributed by atoms with Gasteiger partial charge in [0.15, 0.2) is 24.4 Å². The summed E-state index contributed by atoms with van der Waals surface area (Å²) in [4.78, 5) is 12.0. The van der Waals surface area contributed by atoms with Crippen molar-refractivity contribution in [1.82, 2.24) is 5.32 Å². The van der Waals surface area contributed by atoms with E-state index in [0.29, 0.717) is 25.5 Å². The summed E-state index contributed by atoms with van der Waals surface area (Å²) >= 11 is 0. The third kappa shape index (κ3) is 5.11. The molecule has 1 N–H and O–H groups in total. The Morgan fingerprint density at radius 3 is 2.67 bits per heavy atom. The molecule has 0 unspecified atom stereocenters. The number of amides is 1. The number of benzene rings is 1. The number of hydrogen-bond acceptors (Lipinski definition) is 5. The highest BCUT2D eigenvalue weighted by Crippen LogP contribution is 2.41. The lowest BCUT2D eigenvalue weighted by atomic mass is 10.0. The number of fused-ring (bicyclic) bond motifs is 1. The van der Waals surface area contributed by atoms with Gasteiger partial charge in [0, 0.05) is 25.2 Å². The first-order chi connectivity index (χ1) is 11.4. The standard InChI is InChI=1S/C18H27NO5/c1-5-21-16(22-6-2)11-19-15(20)12-23-14-9-7-8-13-10-18(3,4)24-17(13)14/h7-9,16H,5-6,10-12H2,1-4H3,(H,19,20). The minimum Gasteiger partial charge on any atom is -0.483 e. The number of hydrogen-bond donors (Lipinski definition) is 1. The van der Waals surface area contributed by atoms with Gasteiger partial charge in [0.2, 0.25) is 0 Å². The predicted molar refractivity (Wildman–Crippen MR) is 90.4 cm³/mol. The molecule has 24 heavy (non-hydrogen) atoms. The first-order valence-corrected chi connectivity index (χ1v) is 8.38. The SMILES string of the molecule is CCOC(CNC(=O)COc1cccc2c1OC(C)(C)C2)OCC. The molecule has 1 aliphatic rings. The van der Waals surface area contributed by atoms with E-state index in [1.807, 2.05) is 45.9 Å². The smallest absolute Gasteiger partial charge is 0.258 e. The average Bonchev–Trinajstić information content (AvgIpc) is 2.85. The largest absolute Gasteiger partial charge is 0.483 e. The minimum absolute atomic E-state index is 0.0782. The van der Waals surface area contributed by atoms with Crippen LogP contribution < -0.4 is 14.8 Å². The van der Waals surface area contributed by atoms with E-state index in [9.17, 15) is 4.79 Å². The van der Waals surface area contributed by atoms with E-state index >= 15 is 0 Å². The van der Waals surface area contributed by atoms with E-state index in [1.165, 1.54) is 0 Å². The second-order valence-corrected chi connectivity index (χ2v) is 6.22. The minimum atomic E-state index is -0.436. The molecule has 0 spiro atoms. The van der Waals surface area contributed by atoms with Crippen LogP contribution in [0.3, 0.4) is 0 Å². The lowest BCUT2D eigenvalue weighted by Gasteiger charge is -2.19. The van der Waals surface area contributed by atoms with Crippen molar-refractivity contribution in [3.63, 3.8) is 0 Å². The molecule has 0 fully saturated rings. The summed E-state index contributed by atoms with van der Waals surface area (Å²) in [5, 5.41) is 2.75. The quantitative estimate of drug-likeness (QED) is 0.701. The molecule has 134 valence electrons. The molecule has 6 heteroatoms. The van der Waals surface area contributed by atoms with Crippen LogP contribution in [0.25, 0.3) is 0 Å². The molecule has 0 aliphatic carbocycles. The summed E-state index contributed by atoms with van der Waals surface area (Å²) in [5.41, 5.74) is 0.859. The summed E-state index contributed by atoms with van der Waals surface area (Å²) < 4.78 is 22.3. The van der Waals surface area contributed by atoms with Crippen molar-refractivity contribution in [2.24, 2.45) is 0 Å². The van der Waals surface area contributed by atoms with Gasteiger partial charge in [-0.2, -0.15) is 0 Å². The first kappa shape index (κ1) is 18.5. The number of rotatable bonds is 9. The van der Waals surface area contributed by atoms with Crippen molar-refractivity contribution in [1.29, 1.82) is 0 Å². The van der Waals surface area contributed by atoms with Crippen LogP contribution in [0.2, 0.25) is 0 Å². The molecule has 1 aromatic carbocycles. The van der Waals surface area contributed by atoms with Crippen molar-refractivity contribution in [2.45, 2.75) is 46.0 Å². The average molecular weight is 337 g/mol. The van der Waals surface area contributed by atoms with Gasteiger partial charge >= 0.3 is 0 Å². The molecule has 0 bridgehead atoms. The van der Waals surface area contributed by atoms with Crippen molar-refractivity contribution < 1.29 is 23.7 Å². The predicted octanol–water partition coefficient (Wildman–Crippen LogP) is 2.29. The fraction of sp³-hybridized carbons (Fsp3) is 0.611. The van der Waals surface area contributed by atoms with Crippen LogP contribution in [-0.4, -0.2) is 44.2 Å². The molecule has 0 saturated heterocycles. The summed E-state index contributed by atoms with van der Waals surface area (Å²) in [6.45, 7) is 9.10. The maximum absolute atomic E-state index is 12.0. The lowest BCUT2D eigenvalue weighted by Crippen LogP contribution is -2.37. The van der Waals surface area contributed by atoms with E-state index < -0.39 is 6.29 Å². The van der Waals surface area contributed by atoms with Crippen LogP contribution in [0.5, 0.6) is 11.5 Å². The van der Waals surface area contributed by atoms with Crippen LogP contribution in [0.4, 0.5) is 0 Å². The highest BCUT2D eigenvalue weighted by atomic mass is 16.7. The molecule has 0 aromatic heterocycles. The Labute approximate surface area is 143 Å². The molecule has 1 aromatic rings. The Kier molecular flexibility index (Phi) is 6.45. The fourth-order valence-corrected chi connectivity index (χ4v) is 2.63. The normalized spacial score (nSPS) is 15.0. The van der Waals surface area contributed by atoms with Crippen LogP contribution in [0.1, 0.15) is 33.3 Å². The summed E-state index contributed by atoms with van der Waals surface area (Å²) in [5.74, 6) is 1.10. The molecule has 0 radical (unpaired) electrons. The van der Waals surface area contributed by atoms with E-state index in [4.69, 9.17) is 18.9 Å². The Morgan fingerprint density at radius 1 is 1.29 bits per heavy atom. The Hall–Kier alpha value is -1.79. The van der Waals surface area contributed by atoms with Crippen LogP contribution >= 0.6 is 0 Å². The molecule has 1 heterocycles. The molecule has 0 atom stereocenters. The van der Waals surface area contributed by atoms with Gasteiger partial charge in [0.25, 0.3) is 5.91 Å². The molecular formula is C18H27NO5. The third-order valence-electron chi connectivity index (χ3n) is 3.58. The molecule has 2 rings (SSSR count). The monoisotopic (exact) mass is 337 g/mol. The van der Waals surface area contributed by atoms with E-state index in [0.717, 1.165) is 17.7 Å². The maximum Gasteiger partial charge on any atom is 0.258 e. The van der Waals surface area contributed by atoms with Crippen LogP contribution in [0.15, 0.2) is 18.2 Å². The summed E-state index contributed by atoms with van der Waals surface area (Å²) in [7, 11) is 0. The zero-order valence-electron chi connectivity index (χ0n) is 14.9. The Bertz CT molecular complexity index is 552. The second-order valence-electron chi connectivity index (χ2n) is 6.22. The second kappa shape index (κ2) is 8.35. The van der Waals surface area contributed by atoms with E-state index in [2.05, 4.69) is 5.32 Å². The molecule has 6 nitrogen and oxygen atoms in total. The number of para-hydroxylation sites is 1. The molecule has 0 saturated carbocycles. The Morgan fingerprint density at radius 2 is 2.00 bits per heavy atom.